The second-order valence-corrected chi connectivity index (χ2v) is 8.98. The molecule has 4 rings (SSSR count). The number of nitrogens with one attached hydrogen (secondary N) is 1. The molecule has 1 amide bonds. The molecule has 2 aliphatic rings. The summed E-state index contributed by atoms with van der Waals surface area (Å²) >= 11 is 0. The number of piperidine rings is 1. The van der Waals surface area contributed by atoms with Crippen molar-refractivity contribution in [1.82, 2.24) is 20.1 Å². The predicted molar refractivity (Wildman–Crippen MR) is 127 cm³/mol. The van der Waals surface area contributed by atoms with Crippen LogP contribution in [0.2, 0.25) is 0 Å². The normalized spacial score (nSPS) is 20.2. The van der Waals surface area contributed by atoms with Gasteiger partial charge in [-0.05, 0) is 81.2 Å². The molecular formula is C26H35FN4O2. The molecule has 2 saturated heterocycles. The Bertz CT molecular complexity index is 858. The van der Waals surface area contributed by atoms with E-state index in [0.717, 1.165) is 39.0 Å². The highest BCUT2D eigenvalue weighted by Crippen LogP contribution is 2.29. The summed E-state index contributed by atoms with van der Waals surface area (Å²) in [5, 5.41) is 3.42. The van der Waals surface area contributed by atoms with E-state index in [-0.39, 0.29) is 23.8 Å². The summed E-state index contributed by atoms with van der Waals surface area (Å²) in [5.41, 5.74) is 1.20. The summed E-state index contributed by atoms with van der Waals surface area (Å²) < 4.78 is 18.6. The number of pyridine rings is 1. The standard InChI is InChI=1S/C26H35FN4O2/c27-22-6-9-24(10-7-22)33-18-15-28-14-12-23-8-11-26(32)31(23)20-25(21-5-4-13-29-19-21)30-16-2-1-3-17-30/h4-7,9-10,13,19,23,25,28H,1-3,8,11-12,14-18,20H2/t23-,25-/m1/s1. The number of carbonyl (C=O) groups is 1. The average molecular weight is 455 g/mol. The summed E-state index contributed by atoms with van der Waals surface area (Å²) in [4.78, 5) is 21.8. The highest BCUT2D eigenvalue weighted by Gasteiger charge is 2.34. The molecule has 0 bridgehead atoms. The van der Waals surface area contributed by atoms with Crippen molar-refractivity contribution in [2.45, 2.75) is 50.6 Å². The minimum absolute atomic E-state index is 0.209. The van der Waals surface area contributed by atoms with Gasteiger partial charge in [0.15, 0.2) is 0 Å². The van der Waals surface area contributed by atoms with Crippen LogP contribution in [0.4, 0.5) is 4.39 Å². The summed E-state index contributed by atoms with van der Waals surface area (Å²) in [6.07, 6.45) is 9.99. The van der Waals surface area contributed by atoms with Crippen molar-refractivity contribution in [3.05, 3.63) is 60.2 Å². The van der Waals surface area contributed by atoms with Crippen LogP contribution in [0.25, 0.3) is 0 Å². The van der Waals surface area contributed by atoms with Crippen LogP contribution in [0.3, 0.4) is 0 Å². The van der Waals surface area contributed by atoms with Crippen molar-refractivity contribution in [3.8, 4) is 5.75 Å². The van der Waals surface area contributed by atoms with Crippen molar-refractivity contribution in [1.29, 1.82) is 0 Å². The lowest BCUT2D eigenvalue weighted by atomic mass is 10.0. The van der Waals surface area contributed by atoms with Gasteiger partial charge in [0.1, 0.15) is 18.2 Å². The van der Waals surface area contributed by atoms with Gasteiger partial charge in [0.05, 0.1) is 6.04 Å². The Labute approximate surface area is 196 Å². The molecule has 178 valence electrons. The van der Waals surface area contributed by atoms with Gasteiger partial charge in [-0.1, -0.05) is 12.5 Å². The largest absolute Gasteiger partial charge is 0.492 e. The Kier molecular flexibility index (Phi) is 8.66. The van der Waals surface area contributed by atoms with Crippen molar-refractivity contribution < 1.29 is 13.9 Å². The lowest BCUT2D eigenvalue weighted by Crippen LogP contribution is -2.44. The summed E-state index contributed by atoms with van der Waals surface area (Å²) in [5.74, 6) is 0.678. The molecule has 33 heavy (non-hydrogen) atoms. The van der Waals surface area contributed by atoms with Crippen molar-refractivity contribution in [2.24, 2.45) is 0 Å². The fraction of sp³-hybridized carbons (Fsp3) is 0.538. The van der Waals surface area contributed by atoms with E-state index in [0.29, 0.717) is 25.3 Å². The summed E-state index contributed by atoms with van der Waals surface area (Å²) in [6, 6.07) is 10.7. The monoisotopic (exact) mass is 454 g/mol. The van der Waals surface area contributed by atoms with E-state index in [1.807, 2.05) is 18.5 Å². The minimum Gasteiger partial charge on any atom is -0.492 e. The zero-order chi connectivity index (χ0) is 22.9. The van der Waals surface area contributed by atoms with E-state index in [2.05, 4.69) is 26.2 Å². The highest BCUT2D eigenvalue weighted by molar-refractivity contribution is 5.78. The van der Waals surface area contributed by atoms with Crippen molar-refractivity contribution in [2.75, 3.05) is 39.3 Å². The van der Waals surface area contributed by atoms with Gasteiger partial charge in [0.25, 0.3) is 0 Å². The number of aromatic nitrogens is 1. The average Bonchev–Trinajstić information content (AvgIpc) is 3.20. The number of carbonyl (C=O) groups excluding carboxylic acids is 1. The molecule has 6 nitrogen and oxygen atoms in total. The molecule has 2 aliphatic heterocycles. The molecule has 0 aliphatic carbocycles. The van der Waals surface area contributed by atoms with Crippen LogP contribution < -0.4 is 10.1 Å². The third-order valence-electron chi connectivity index (χ3n) is 6.74. The van der Waals surface area contributed by atoms with Gasteiger partial charge in [0.2, 0.25) is 5.91 Å². The molecule has 2 fully saturated rings. The molecule has 1 aromatic carbocycles. The number of rotatable bonds is 11. The first-order valence-electron chi connectivity index (χ1n) is 12.2. The van der Waals surface area contributed by atoms with E-state index >= 15 is 0 Å². The number of amides is 1. The van der Waals surface area contributed by atoms with Gasteiger partial charge in [-0.3, -0.25) is 14.7 Å². The smallest absolute Gasteiger partial charge is 0.222 e. The van der Waals surface area contributed by atoms with E-state index < -0.39 is 0 Å². The minimum atomic E-state index is -0.262. The molecular weight excluding hydrogens is 419 g/mol. The first-order chi connectivity index (χ1) is 16.2. The number of hydrogen-bond acceptors (Lipinski definition) is 5. The van der Waals surface area contributed by atoms with E-state index in [1.54, 1.807) is 12.1 Å². The molecule has 0 unspecified atom stereocenters. The fourth-order valence-electron chi connectivity index (χ4n) is 4.93. The maximum atomic E-state index is 13.0. The van der Waals surface area contributed by atoms with Crippen LogP contribution in [0, 0.1) is 5.82 Å². The quantitative estimate of drug-likeness (QED) is 0.524. The van der Waals surface area contributed by atoms with Crippen molar-refractivity contribution >= 4 is 5.91 Å². The highest BCUT2D eigenvalue weighted by atomic mass is 19.1. The van der Waals surface area contributed by atoms with E-state index in [1.165, 1.54) is 37.0 Å². The second-order valence-electron chi connectivity index (χ2n) is 8.98. The maximum Gasteiger partial charge on any atom is 0.222 e. The van der Waals surface area contributed by atoms with Crippen LogP contribution in [-0.2, 0) is 4.79 Å². The van der Waals surface area contributed by atoms with E-state index in [9.17, 15) is 9.18 Å². The number of hydrogen-bond donors (Lipinski definition) is 1. The Morgan fingerprint density at radius 1 is 1.12 bits per heavy atom. The SMILES string of the molecule is O=C1CC[C@H](CCNCCOc2ccc(F)cc2)N1C[C@H](c1cccnc1)N1CCCCC1. The number of likely N-dealkylation sites (tertiary alicyclic amines) is 2. The van der Waals surface area contributed by atoms with Gasteiger partial charge >= 0.3 is 0 Å². The first kappa shape index (κ1) is 23.6. The van der Waals surface area contributed by atoms with Gasteiger partial charge < -0.3 is 15.0 Å². The van der Waals surface area contributed by atoms with E-state index in [4.69, 9.17) is 4.74 Å². The van der Waals surface area contributed by atoms with Crippen molar-refractivity contribution in [3.63, 3.8) is 0 Å². The summed E-state index contributed by atoms with van der Waals surface area (Å²) in [7, 11) is 0. The molecule has 2 atom stereocenters. The van der Waals surface area contributed by atoms with Gasteiger partial charge in [0, 0.05) is 37.9 Å². The zero-order valence-corrected chi connectivity index (χ0v) is 19.3. The van der Waals surface area contributed by atoms with Gasteiger partial charge in [-0.15, -0.1) is 0 Å². The van der Waals surface area contributed by atoms with Crippen LogP contribution in [0.1, 0.15) is 50.1 Å². The third-order valence-corrected chi connectivity index (χ3v) is 6.74. The van der Waals surface area contributed by atoms with Crippen LogP contribution >= 0.6 is 0 Å². The molecule has 1 N–H and O–H groups in total. The molecule has 0 spiro atoms. The molecule has 1 aromatic heterocycles. The summed E-state index contributed by atoms with van der Waals surface area (Å²) in [6.45, 7) is 4.98. The zero-order valence-electron chi connectivity index (χ0n) is 19.3. The molecule has 3 heterocycles. The van der Waals surface area contributed by atoms with Gasteiger partial charge in [-0.25, -0.2) is 4.39 Å². The molecule has 0 radical (unpaired) electrons. The number of halogens is 1. The van der Waals surface area contributed by atoms with Crippen LogP contribution in [-0.4, -0.2) is 66.1 Å². The number of benzene rings is 1. The first-order valence-corrected chi connectivity index (χ1v) is 12.2. The molecule has 2 aromatic rings. The lowest BCUT2D eigenvalue weighted by Gasteiger charge is -2.38. The fourth-order valence-corrected chi connectivity index (χ4v) is 4.93. The number of ether oxygens (including phenoxy) is 1. The van der Waals surface area contributed by atoms with Gasteiger partial charge in [-0.2, -0.15) is 0 Å². The number of nitrogens with zero attached hydrogens (tertiary/aromatic N) is 3. The Morgan fingerprint density at radius 2 is 1.94 bits per heavy atom. The van der Waals surface area contributed by atoms with Crippen LogP contribution in [0.5, 0.6) is 5.75 Å². The topological polar surface area (TPSA) is 57.7 Å². The molecule has 7 heteroatoms. The predicted octanol–water partition coefficient (Wildman–Crippen LogP) is 3.80. The second kappa shape index (κ2) is 12.1. The maximum absolute atomic E-state index is 13.0. The Morgan fingerprint density at radius 3 is 2.70 bits per heavy atom. The lowest BCUT2D eigenvalue weighted by molar-refractivity contribution is -0.130. The Balaban J connectivity index is 1.27. The molecule has 0 saturated carbocycles. The van der Waals surface area contributed by atoms with Crippen LogP contribution in [0.15, 0.2) is 48.8 Å². The third kappa shape index (κ3) is 6.74. The Hall–Kier alpha value is -2.51.